The van der Waals surface area contributed by atoms with E-state index in [1.807, 2.05) is 0 Å². The second-order valence-electron chi connectivity index (χ2n) is 4.20. The van der Waals surface area contributed by atoms with Gasteiger partial charge in [0.05, 0.1) is 13.2 Å². The highest BCUT2D eigenvalue weighted by atomic mass is 16.5. The number of hydrogen-bond acceptors (Lipinski definition) is 8. The maximum atomic E-state index is 11.5. The fourth-order valence-corrected chi connectivity index (χ4v) is 1.68. The number of carbonyl (C=O) groups excluding carboxylic acids is 1. The summed E-state index contributed by atoms with van der Waals surface area (Å²) in [6, 6.07) is 0. The Balaban J connectivity index is 2.20. The number of rotatable bonds is 5. The van der Waals surface area contributed by atoms with Crippen molar-refractivity contribution < 1.29 is 24.2 Å². The van der Waals surface area contributed by atoms with Gasteiger partial charge >= 0.3 is 12.1 Å². The molecule has 1 amide bonds. The normalized spacial score (nSPS) is 14.3. The zero-order chi connectivity index (χ0) is 15.9. The Kier molecular flexibility index (Phi) is 5.20. The molecule has 1 aromatic rings. The van der Waals surface area contributed by atoms with Crippen LogP contribution < -0.4 is 10.2 Å². The predicted octanol–water partition coefficient (Wildman–Crippen LogP) is 0.141. The molecule has 1 fully saturated rings. The number of ether oxygens (including phenoxy) is 2. The molecular weight excluding hydrogens is 294 g/mol. The molecule has 2 N–H and O–H groups in total. The highest BCUT2D eigenvalue weighted by Gasteiger charge is 2.20. The number of hydrogen-bond donors (Lipinski definition) is 2. The summed E-state index contributed by atoms with van der Waals surface area (Å²) in [5, 5.41) is 11.3. The third-order valence-electron chi connectivity index (χ3n) is 2.65. The number of amides is 1. The summed E-state index contributed by atoms with van der Waals surface area (Å²) in [6.07, 6.45) is 0.588. The summed E-state index contributed by atoms with van der Waals surface area (Å²) in [5.74, 6) is -1.81. The number of anilines is 2. The average Bonchev–Trinajstić information content (AvgIpc) is 2.53. The van der Waals surface area contributed by atoms with Gasteiger partial charge in [-0.3, -0.25) is 5.32 Å². The minimum atomic E-state index is -1.32. The number of aromatic nitrogens is 3. The molecule has 1 aliphatic rings. The first-order valence-electron chi connectivity index (χ1n) is 6.47. The third-order valence-corrected chi connectivity index (χ3v) is 2.65. The fraction of sp³-hybridized carbons (Fsp3) is 0.417. The van der Waals surface area contributed by atoms with E-state index in [1.54, 1.807) is 4.90 Å². The van der Waals surface area contributed by atoms with E-state index in [9.17, 15) is 9.59 Å². The van der Waals surface area contributed by atoms with Crippen LogP contribution in [0.2, 0.25) is 0 Å². The van der Waals surface area contributed by atoms with Gasteiger partial charge in [0, 0.05) is 13.1 Å². The standard InChI is InChI=1S/C12H15N5O5/c1-2-5-22-12(20)16-10-13-8(9(18)19)14-11(15-10)17-3-6-21-7-4-17/h2H,1,3-7H2,(H,18,19)(H,13,14,15,16,20). The lowest BCUT2D eigenvalue weighted by atomic mass is 10.4. The summed E-state index contributed by atoms with van der Waals surface area (Å²) in [4.78, 5) is 35.9. The van der Waals surface area contributed by atoms with E-state index in [2.05, 4.69) is 26.8 Å². The van der Waals surface area contributed by atoms with Crippen LogP contribution in [0.3, 0.4) is 0 Å². The van der Waals surface area contributed by atoms with Crippen LogP contribution in [0.15, 0.2) is 12.7 Å². The summed E-state index contributed by atoms with van der Waals surface area (Å²) in [6.45, 7) is 5.43. The van der Waals surface area contributed by atoms with E-state index in [0.29, 0.717) is 26.3 Å². The maximum absolute atomic E-state index is 11.5. The second kappa shape index (κ2) is 7.31. The molecule has 1 aliphatic heterocycles. The number of carboxylic acids is 1. The van der Waals surface area contributed by atoms with Gasteiger partial charge in [0.15, 0.2) is 0 Å². The molecule has 10 nitrogen and oxygen atoms in total. The van der Waals surface area contributed by atoms with Crippen LogP contribution in [-0.4, -0.2) is 65.0 Å². The molecule has 22 heavy (non-hydrogen) atoms. The van der Waals surface area contributed by atoms with Gasteiger partial charge in [-0.15, -0.1) is 0 Å². The first kappa shape index (κ1) is 15.6. The monoisotopic (exact) mass is 309 g/mol. The number of carboxylic acid groups (broad SMARTS) is 1. The summed E-state index contributed by atoms with van der Waals surface area (Å²) in [5.41, 5.74) is 0. The fourth-order valence-electron chi connectivity index (χ4n) is 1.68. The maximum Gasteiger partial charge on any atom is 0.414 e. The minimum Gasteiger partial charge on any atom is -0.475 e. The van der Waals surface area contributed by atoms with Gasteiger partial charge in [-0.25, -0.2) is 9.59 Å². The van der Waals surface area contributed by atoms with Gasteiger partial charge in [0.2, 0.25) is 17.7 Å². The molecule has 2 rings (SSSR count). The first-order chi connectivity index (χ1) is 10.6. The van der Waals surface area contributed by atoms with E-state index in [-0.39, 0.29) is 18.5 Å². The predicted molar refractivity (Wildman–Crippen MR) is 75.0 cm³/mol. The largest absolute Gasteiger partial charge is 0.475 e. The molecule has 0 radical (unpaired) electrons. The molecule has 1 aromatic heterocycles. The highest BCUT2D eigenvalue weighted by Crippen LogP contribution is 2.13. The van der Waals surface area contributed by atoms with Gasteiger partial charge in [-0.2, -0.15) is 15.0 Å². The highest BCUT2D eigenvalue weighted by molar-refractivity contribution is 5.86. The lowest BCUT2D eigenvalue weighted by Gasteiger charge is -2.26. The van der Waals surface area contributed by atoms with Crippen molar-refractivity contribution in [3.8, 4) is 0 Å². The summed E-state index contributed by atoms with van der Waals surface area (Å²) < 4.78 is 9.94. The van der Waals surface area contributed by atoms with Crippen molar-refractivity contribution in [2.24, 2.45) is 0 Å². The van der Waals surface area contributed by atoms with Gasteiger partial charge in [0.25, 0.3) is 0 Å². The lowest BCUT2D eigenvalue weighted by molar-refractivity contribution is 0.0683. The van der Waals surface area contributed by atoms with E-state index in [4.69, 9.17) is 14.6 Å². The van der Waals surface area contributed by atoms with Crippen LogP contribution >= 0.6 is 0 Å². The molecule has 0 saturated carbocycles. The average molecular weight is 309 g/mol. The van der Waals surface area contributed by atoms with Crippen molar-refractivity contribution in [2.45, 2.75) is 0 Å². The Morgan fingerprint density at radius 1 is 1.36 bits per heavy atom. The molecule has 0 aromatic carbocycles. The summed E-state index contributed by atoms with van der Waals surface area (Å²) >= 11 is 0. The van der Waals surface area contributed by atoms with E-state index in [1.165, 1.54) is 6.08 Å². The van der Waals surface area contributed by atoms with Gasteiger partial charge in [0.1, 0.15) is 6.61 Å². The van der Waals surface area contributed by atoms with Crippen molar-refractivity contribution >= 4 is 24.0 Å². The SMILES string of the molecule is C=CCOC(=O)Nc1nc(C(=O)O)nc(N2CCOCC2)n1. The molecule has 1 saturated heterocycles. The molecule has 0 spiro atoms. The molecule has 0 aliphatic carbocycles. The van der Waals surface area contributed by atoms with Crippen molar-refractivity contribution in [1.29, 1.82) is 0 Å². The van der Waals surface area contributed by atoms with Gasteiger partial charge in [-0.05, 0) is 0 Å². The molecule has 118 valence electrons. The van der Waals surface area contributed by atoms with Crippen molar-refractivity contribution in [1.82, 2.24) is 15.0 Å². The van der Waals surface area contributed by atoms with E-state index < -0.39 is 17.9 Å². The molecule has 0 unspecified atom stereocenters. The zero-order valence-electron chi connectivity index (χ0n) is 11.7. The van der Waals surface area contributed by atoms with Gasteiger partial charge in [-0.1, -0.05) is 12.7 Å². The molecule has 0 bridgehead atoms. The second-order valence-corrected chi connectivity index (χ2v) is 4.20. The van der Waals surface area contributed by atoms with Crippen molar-refractivity contribution in [3.63, 3.8) is 0 Å². The van der Waals surface area contributed by atoms with E-state index in [0.717, 1.165) is 0 Å². The Hall–Kier alpha value is -2.75. The quantitative estimate of drug-likeness (QED) is 0.730. The number of aromatic carboxylic acids is 1. The smallest absolute Gasteiger partial charge is 0.414 e. The van der Waals surface area contributed by atoms with E-state index >= 15 is 0 Å². The number of morpholine rings is 1. The Labute approximate surface area is 125 Å². The van der Waals surface area contributed by atoms with Crippen molar-refractivity contribution in [2.75, 3.05) is 43.1 Å². The van der Waals surface area contributed by atoms with Crippen LogP contribution in [0, 0.1) is 0 Å². The zero-order valence-corrected chi connectivity index (χ0v) is 11.7. The molecule has 10 heteroatoms. The first-order valence-corrected chi connectivity index (χ1v) is 6.47. The molecule has 0 atom stereocenters. The minimum absolute atomic E-state index is 0.0129. The van der Waals surface area contributed by atoms with Crippen molar-refractivity contribution in [3.05, 3.63) is 18.5 Å². The number of nitrogens with zero attached hydrogens (tertiary/aromatic N) is 4. The van der Waals surface area contributed by atoms with Crippen LogP contribution in [0.25, 0.3) is 0 Å². The Bertz CT molecular complexity index is 573. The Morgan fingerprint density at radius 2 is 2.09 bits per heavy atom. The molecule has 2 heterocycles. The third kappa shape index (κ3) is 4.12. The van der Waals surface area contributed by atoms with Crippen LogP contribution in [0.5, 0.6) is 0 Å². The summed E-state index contributed by atoms with van der Waals surface area (Å²) in [7, 11) is 0. The number of nitrogens with one attached hydrogen (secondary N) is 1. The molecular formula is C12H15N5O5. The van der Waals surface area contributed by atoms with Gasteiger partial charge < -0.3 is 19.5 Å². The van der Waals surface area contributed by atoms with Crippen LogP contribution in [-0.2, 0) is 9.47 Å². The Morgan fingerprint density at radius 3 is 2.73 bits per heavy atom. The number of carbonyl (C=O) groups is 2. The van der Waals surface area contributed by atoms with Crippen LogP contribution in [0.4, 0.5) is 16.7 Å². The topological polar surface area (TPSA) is 127 Å². The lowest BCUT2D eigenvalue weighted by Crippen LogP contribution is -2.38. The van der Waals surface area contributed by atoms with Crippen LogP contribution in [0.1, 0.15) is 10.6 Å².